The summed E-state index contributed by atoms with van der Waals surface area (Å²) in [5.41, 5.74) is 2.30. The van der Waals surface area contributed by atoms with Crippen molar-refractivity contribution < 1.29 is 9.90 Å². The Bertz CT molecular complexity index is 493. The van der Waals surface area contributed by atoms with Crippen LogP contribution < -0.4 is 5.32 Å². The molecule has 2 aromatic rings. The quantitative estimate of drug-likeness (QED) is 0.876. The number of thiazole rings is 2. The molecule has 0 saturated heterocycles. The summed E-state index contributed by atoms with van der Waals surface area (Å²) in [6.07, 6.45) is 1.77. The molecule has 7 heteroatoms. The number of aryl methyl sites for hydroxylation is 1. The van der Waals surface area contributed by atoms with Crippen LogP contribution >= 0.6 is 22.7 Å². The standard InChI is InChI=1S/C9H9N3O2S2/c1-5-7(8(13)14)16-9(12-5)11-3-6-2-10-4-15-6/h2,4H,3H2,1H3,(H,11,12)(H,13,14). The summed E-state index contributed by atoms with van der Waals surface area (Å²) in [6, 6.07) is 0. The largest absolute Gasteiger partial charge is 0.477 e. The molecule has 16 heavy (non-hydrogen) atoms. The number of aromatic carboxylic acids is 1. The fourth-order valence-electron chi connectivity index (χ4n) is 1.16. The van der Waals surface area contributed by atoms with Crippen LogP contribution in [0.2, 0.25) is 0 Å². The molecule has 2 heterocycles. The normalized spacial score (nSPS) is 10.3. The molecule has 2 rings (SSSR count). The van der Waals surface area contributed by atoms with Gasteiger partial charge in [-0.15, -0.1) is 11.3 Å². The van der Waals surface area contributed by atoms with Crippen molar-refractivity contribution in [3.05, 3.63) is 27.2 Å². The number of hydrogen-bond donors (Lipinski definition) is 2. The maximum absolute atomic E-state index is 10.8. The van der Waals surface area contributed by atoms with E-state index in [4.69, 9.17) is 5.11 Å². The maximum atomic E-state index is 10.8. The first-order valence-corrected chi connectivity index (χ1v) is 6.18. The van der Waals surface area contributed by atoms with Gasteiger partial charge in [-0.05, 0) is 6.92 Å². The van der Waals surface area contributed by atoms with Crippen LogP contribution in [0.15, 0.2) is 11.7 Å². The average Bonchev–Trinajstić information content (AvgIpc) is 2.83. The Labute approximate surface area is 99.8 Å². The number of carboxylic acid groups (broad SMARTS) is 1. The lowest BCUT2D eigenvalue weighted by molar-refractivity contribution is 0.0701. The number of carboxylic acids is 1. The van der Waals surface area contributed by atoms with E-state index in [2.05, 4.69) is 15.3 Å². The number of nitrogens with zero attached hydrogens (tertiary/aromatic N) is 2. The van der Waals surface area contributed by atoms with Gasteiger partial charge in [-0.1, -0.05) is 11.3 Å². The highest BCUT2D eigenvalue weighted by Gasteiger charge is 2.13. The second-order valence-corrected chi connectivity index (χ2v) is 5.03. The lowest BCUT2D eigenvalue weighted by atomic mass is 10.4. The molecule has 0 saturated carbocycles. The van der Waals surface area contributed by atoms with Crippen LogP contribution in [0.25, 0.3) is 0 Å². The Kier molecular flexibility index (Phi) is 3.16. The van der Waals surface area contributed by atoms with E-state index in [1.54, 1.807) is 30.0 Å². The smallest absolute Gasteiger partial charge is 0.347 e. The Hall–Kier alpha value is -1.47. The molecule has 0 aromatic carbocycles. The summed E-state index contributed by atoms with van der Waals surface area (Å²) in [6.45, 7) is 2.31. The average molecular weight is 255 g/mol. The van der Waals surface area contributed by atoms with E-state index in [0.29, 0.717) is 17.4 Å². The fraction of sp³-hybridized carbons (Fsp3) is 0.222. The second-order valence-electron chi connectivity index (χ2n) is 3.06. The molecule has 0 fully saturated rings. The van der Waals surface area contributed by atoms with Crippen LogP contribution in [-0.2, 0) is 6.54 Å². The minimum Gasteiger partial charge on any atom is -0.477 e. The molecular formula is C9H9N3O2S2. The summed E-state index contributed by atoms with van der Waals surface area (Å²) in [7, 11) is 0. The number of nitrogens with one attached hydrogen (secondary N) is 1. The zero-order valence-corrected chi connectivity index (χ0v) is 10.1. The molecule has 0 aliphatic heterocycles. The van der Waals surface area contributed by atoms with Crippen LogP contribution in [-0.4, -0.2) is 21.0 Å². The highest BCUT2D eigenvalue weighted by atomic mass is 32.1. The van der Waals surface area contributed by atoms with Gasteiger partial charge in [-0.25, -0.2) is 9.78 Å². The van der Waals surface area contributed by atoms with Crippen LogP contribution in [0.1, 0.15) is 20.2 Å². The first-order chi connectivity index (χ1) is 7.66. The van der Waals surface area contributed by atoms with E-state index in [1.165, 1.54) is 0 Å². The predicted octanol–water partition coefficient (Wildman–Crippen LogP) is 2.22. The highest BCUT2D eigenvalue weighted by molar-refractivity contribution is 7.17. The third kappa shape index (κ3) is 2.37. The third-order valence-corrected chi connectivity index (χ3v) is 3.77. The van der Waals surface area contributed by atoms with Crippen molar-refractivity contribution in [3.8, 4) is 0 Å². The molecule has 0 aliphatic carbocycles. The van der Waals surface area contributed by atoms with Gasteiger partial charge in [0.05, 0.1) is 17.7 Å². The Morgan fingerprint density at radius 1 is 1.62 bits per heavy atom. The van der Waals surface area contributed by atoms with Gasteiger partial charge >= 0.3 is 5.97 Å². The number of carbonyl (C=O) groups is 1. The number of rotatable bonds is 4. The van der Waals surface area contributed by atoms with Crippen molar-refractivity contribution in [2.75, 3.05) is 5.32 Å². The minimum absolute atomic E-state index is 0.284. The molecule has 84 valence electrons. The monoisotopic (exact) mass is 255 g/mol. The van der Waals surface area contributed by atoms with Crippen molar-refractivity contribution in [3.63, 3.8) is 0 Å². The number of anilines is 1. The molecule has 0 unspecified atom stereocenters. The van der Waals surface area contributed by atoms with Crippen LogP contribution in [0.5, 0.6) is 0 Å². The van der Waals surface area contributed by atoms with E-state index in [1.807, 2.05) is 0 Å². The van der Waals surface area contributed by atoms with Crippen molar-refractivity contribution in [1.29, 1.82) is 0 Å². The van der Waals surface area contributed by atoms with Gasteiger partial charge in [0.15, 0.2) is 5.13 Å². The molecule has 0 atom stereocenters. The number of aromatic nitrogens is 2. The van der Waals surface area contributed by atoms with E-state index in [9.17, 15) is 4.79 Å². The summed E-state index contributed by atoms with van der Waals surface area (Å²) in [4.78, 5) is 20.3. The van der Waals surface area contributed by atoms with Gasteiger partial charge in [-0.3, -0.25) is 4.98 Å². The van der Waals surface area contributed by atoms with Crippen LogP contribution in [0.4, 0.5) is 5.13 Å². The lowest BCUT2D eigenvalue weighted by Gasteiger charge is -1.97. The van der Waals surface area contributed by atoms with Gasteiger partial charge in [0.1, 0.15) is 4.88 Å². The Morgan fingerprint density at radius 2 is 2.44 bits per heavy atom. The second kappa shape index (κ2) is 4.58. The van der Waals surface area contributed by atoms with Crippen LogP contribution in [0, 0.1) is 6.92 Å². The predicted molar refractivity (Wildman–Crippen MR) is 63.3 cm³/mol. The zero-order chi connectivity index (χ0) is 11.5. The fourth-order valence-corrected chi connectivity index (χ4v) is 2.50. The Morgan fingerprint density at radius 3 is 3.00 bits per heavy atom. The molecule has 0 amide bonds. The first kappa shape index (κ1) is 11.0. The van der Waals surface area contributed by atoms with E-state index in [0.717, 1.165) is 16.2 Å². The summed E-state index contributed by atoms with van der Waals surface area (Å²) < 4.78 is 0. The molecule has 0 spiro atoms. The SMILES string of the molecule is Cc1nc(NCc2cncs2)sc1C(=O)O. The molecule has 2 N–H and O–H groups in total. The van der Waals surface area contributed by atoms with Crippen molar-refractivity contribution >= 4 is 33.8 Å². The first-order valence-electron chi connectivity index (χ1n) is 4.49. The summed E-state index contributed by atoms with van der Waals surface area (Å²) in [5.74, 6) is -0.930. The van der Waals surface area contributed by atoms with Crippen molar-refractivity contribution in [2.45, 2.75) is 13.5 Å². The van der Waals surface area contributed by atoms with Crippen molar-refractivity contribution in [1.82, 2.24) is 9.97 Å². The lowest BCUT2D eigenvalue weighted by Crippen LogP contribution is -1.96. The molecular weight excluding hydrogens is 246 g/mol. The van der Waals surface area contributed by atoms with E-state index < -0.39 is 5.97 Å². The van der Waals surface area contributed by atoms with Gasteiger partial charge in [0, 0.05) is 11.1 Å². The molecule has 5 nitrogen and oxygen atoms in total. The van der Waals surface area contributed by atoms with E-state index in [-0.39, 0.29) is 4.88 Å². The van der Waals surface area contributed by atoms with Gasteiger partial charge in [-0.2, -0.15) is 0 Å². The van der Waals surface area contributed by atoms with Crippen LogP contribution in [0.3, 0.4) is 0 Å². The number of hydrogen-bond acceptors (Lipinski definition) is 6. The molecule has 0 bridgehead atoms. The molecule has 0 radical (unpaired) electrons. The van der Waals surface area contributed by atoms with Gasteiger partial charge < -0.3 is 10.4 Å². The zero-order valence-electron chi connectivity index (χ0n) is 8.43. The van der Waals surface area contributed by atoms with Gasteiger partial charge in [0.2, 0.25) is 0 Å². The summed E-state index contributed by atoms with van der Waals surface area (Å²) in [5, 5.41) is 12.6. The minimum atomic E-state index is -0.930. The topological polar surface area (TPSA) is 75.1 Å². The van der Waals surface area contributed by atoms with Gasteiger partial charge in [0.25, 0.3) is 0 Å². The third-order valence-electron chi connectivity index (χ3n) is 1.89. The summed E-state index contributed by atoms with van der Waals surface area (Å²) >= 11 is 2.70. The Balaban J connectivity index is 2.05. The molecule has 2 aromatic heterocycles. The molecule has 0 aliphatic rings. The van der Waals surface area contributed by atoms with E-state index >= 15 is 0 Å². The highest BCUT2D eigenvalue weighted by Crippen LogP contribution is 2.23. The maximum Gasteiger partial charge on any atom is 0.347 e. The van der Waals surface area contributed by atoms with Crippen molar-refractivity contribution in [2.24, 2.45) is 0 Å².